The van der Waals surface area contributed by atoms with Crippen LogP contribution in [0.4, 0.5) is 0 Å². The number of fused-ring (bicyclic) bond motifs is 2. The maximum absolute atomic E-state index is 12.3. The number of piperidine rings is 1. The summed E-state index contributed by atoms with van der Waals surface area (Å²) in [6, 6.07) is 6.78. The average molecular weight is 355 g/mol. The monoisotopic (exact) mass is 354 g/mol. The first-order valence-electron chi connectivity index (χ1n) is 8.49. The molecular formula is C18H24Cl2N2O. The highest BCUT2D eigenvalue weighted by molar-refractivity contribution is 6.36. The molecule has 1 amide bonds. The van der Waals surface area contributed by atoms with Gasteiger partial charge in [-0.3, -0.25) is 4.79 Å². The van der Waals surface area contributed by atoms with E-state index in [1.807, 2.05) is 25.1 Å². The van der Waals surface area contributed by atoms with Crippen molar-refractivity contribution in [3.8, 4) is 0 Å². The second kappa shape index (κ2) is 7.42. The summed E-state index contributed by atoms with van der Waals surface area (Å²) in [5.41, 5.74) is 0.913. The van der Waals surface area contributed by atoms with Crippen LogP contribution in [0.5, 0.6) is 0 Å². The second-order valence-electron chi connectivity index (χ2n) is 7.02. The molecular weight excluding hydrogens is 331 g/mol. The fraction of sp³-hybridized carbons (Fsp3) is 0.611. The number of amides is 1. The molecule has 5 heteroatoms. The van der Waals surface area contributed by atoms with Crippen molar-refractivity contribution >= 4 is 29.1 Å². The van der Waals surface area contributed by atoms with Crippen molar-refractivity contribution in [2.45, 2.75) is 57.0 Å². The number of carbonyl (C=O) groups excluding carboxylic acids is 1. The quantitative estimate of drug-likeness (QED) is 0.834. The number of hydrogen-bond donors (Lipinski definition) is 2. The average Bonchev–Trinajstić information content (AvgIpc) is 2.84. The highest BCUT2D eigenvalue weighted by atomic mass is 35.5. The second-order valence-corrected chi connectivity index (χ2v) is 7.83. The summed E-state index contributed by atoms with van der Waals surface area (Å²) in [7, 11) is 0. The zero-order chi connectivity index (χ0) is 16.4. The van der Waals surface area contributed by atoms with Crippen LogP contribution in [-0.2, 0) is 4.79 Å². The molecule has 2 aliphatic rings. The Morgan fingerprint density at radius 2 is 1.87 bits per heavy atom. The molecule has 2 heterocycles. The van der Waals surface area contributed by atoms with Crippen LogP contribution in [0.15, 0.2) is 18.2 Å². The van der Waals surface area contributed by atoms with E-state index in [0.717, 1.165) is 18.4 Å². The highest BCUT2D eigenvalue weighted by Crippen LogP contribution is 2.33. The van der Waals surface area contributed by atoms with Gasteiger partial charge in [-0.1, -0.05) is 36.2 Å². The van der Waals surface area contributed by atoms with Gasteiger partial charge >= 0.3 is 0 Å². The van der Waals surface area contributed by atoms with Gasteiger partial charge in [-0.2, -0.15) is 0 Å². The molecule has 0 aliphatic carbocycles. The smallest absolute Gasteiger partial charge is 0.220 e. The van der Waals surface area contributed by atoms with Crippen molar-refractivity contribution in [1.29, 1.82) is 0 Å². The Labute approximate surface area is 148 Å². The molecule has 126 valence electrons. The van der Waals surface area contributed by atoms with Gasteiger partial charge in [0.25, 0.3) is 0 Å². The molecule has 3 nitrogen and oxygen atoms in total. The number of nitrogens with one attached hydrogen (secondary N) is 2. The first kappa shape index (κ1) is 17.1. The molecule has 1 aromatic carbocycles. The molecule has 3 rings (SSSR count). The lowest BCUT2D eigenvalue weighted by molar-refractivity contribution is -0.122. The van der Waals surface area contributed by atoms with Crippen LogP contribution in [0.3, 0.4) is 0 Å². The van der Waals surface area contributed by atoms with Crippen molar-refractivity contribution in [3.63, 3.8) is 0 Å². The Hall–Kier alpha value is -0.770. The van der Waals surface area contributed by atoms with E-state index in [4.69, 9.17) is 23.2 Å². The lowest BCUT2D eigenvalue weighted by Gasteiger charge is -2.28. The normalized spacial score (nSPS) is 27.7. The molecule has 0 spiro atoms. The van der Waals surface area contributed by atoms with Crippen molar-refractivity contribution in [2.75, 3.05) is 6.54 Å². The van der Waals surface area contributed by atoms with Gasteiger partial charge in [0, 0.05) is 41.0 Å². The zero-order valence-electron chi connectivity index (χ0n) is 13.4. The summed E-state index contributed by atoms with van der Waals surface area (Å²) < 4.78 is 0. The number of carbonyl (C=O) groups is 1. The van der Waals surface area contributed by atoms with E-state index in [-0.39, 0.29) is 11.8 Å². The van der Waals surface area contributed by atoms with Crippen LogP contribution in [0, 0.1) is 5.92 Å². The Bertz CT molecular complexity index is 546. The van der Waals surface area contributed by atoms with Crippen LogP contribution >= 0.6 is 23.2 Å². The minimum absolute atomic E-state index is 0.101. The summed E-state index contributed by atoms with van der Waals surface area (Å²) in [6.45, 7) is 2.61. The van der Waals surface area contributed by atoms with E-state index < -0.39 is 0 Å². The van der Waals surface area contributed by atoms with E-state index in [1.165, 1.54) is 12.8 Å². The van der Waals surface area contributed by atoms with E-state index in [1.54, 1.807) is 0 Å². The van der Waals surface area contributed by atoms with Crippen molar-refractivity contribution in [3.05, 3.63) is 33.8 Å². The largest absolute Gasteiger partial charge is 0.355 e. The lowest BCUT2D eigenvalue weighted by atomic mass is 9.89. The number of halogens is 2. The number of benzene rings is 1. The topological polar surface area (TPSA) is 41.1 Å². The van der Waals surface area contributed by atoms with Crippen molar-refractivity contribution in [1.82, 2.24) is 10.6 Å². The molecule has 23 heavy (non-hydrogen) atoms. The van der Waals surface area contributed by atoms with Gasteiger partial charge < -0.3 is 10.6 Å². The maximum atomic E-state index is 12.3. The van der Waals surface area contributed by atoms with Gasteiger partial charge in [-0.05, 0) is 49.3 Å². The van der Waals surface area contributed by atoms with Crippen LogP contribution in [0.25, 0.3) is 0 Å². The first-order chi connectivity index (χ1) is 11.0. The Morgan fingerprint density at radius 1 is 1.26 bits per heavy atom. The molecule has 2 N–H and O–H groups in total. The van der Waals surface area contributed by atoms with Gasteiger partial charge in [-0.15, -0.1) is 0 Å². The molecule has 2 aliphatic heterocycles. The minimum atomic E-state index is 0.101. The molecule has 1 aromatic rings. The van der Waals surface area contributed by atoms with E-state index in [9.17, 15) is 4.79 Å². The lowest BCUT2D eigenvalue weighted by Crippen LogP contribution is -2.40. The molecule has 0 radical (unpaired) electrons. The molecule has 0 aromatic heterocycles. The fourth-order valence-electron chi connectivity index (χ4n) is 4.03. The van der Waals surface area contributed by atoms with Crippen molar-refractivity contribution in [2.24, 2.45) is 5.92 Å². The zero-order valence-corrected chi connectivity index (χ0v) is 15.0. The van der Waals surface area contributed by atoms with Crippen LogP contribution in [-0.4, -0.2) is 24.5 Å². The standard InChI is InChI=1S/C18H24Cl2N2O/c1-11(18-15(19)3-2-4-16(18)20)10-21-17(23)9-12-7-13-5-6-14(8-12)22-13/h2-4,11-14,22H,5-10H2,1H3,(H,21,23). The first-order valence-corrected chi connectivity index (χ1v) is 9.25. The van der Waals surface area contributed by atoms with Gasteiger partial charge in [0.1, 0.15) is 0 Å². The molecule has 3 atom stereocenters. The third-order valence-electron chi connectivity index (χ3n) is 5.14. The van der Waals surface area contributed by atoms with Crippen LogP contribution < -0.4 is 10.6 Å². The molecule has 2 bridgehead atoms. The summed E-state index contributed by atoms with van der Waals surface area (Å²) in [5, 5.41) is 8.00. The van der Waals surface area contributed by atoms with Crippen LogP contribution in [0.1, 0.15) is 50.5 Å². The van der Waals surface area contributed by atoms with E-state index in [0.29, 0.717) is 41.0 Å². The minimum Gasteiger partial charge on any atom is -0.355 e. The van der Waals surface area contributed by atoms with Gasteiger partial charge in [0.05, 0.1) is 0 Å². The van der Waals surface area contributed by atoms with E-state index in [2.05, 4.69) is 10.6 Å². The highest BCUT2D eigenvalue weighted by Gasteiger charge is 2.34. The maximum Gasteiger partial charge on any atom is 0.220 e. The summed E-state index contributed by atoms with van der Waals surface area (Å²) in [5.74, 6) is 0.767. The predicted octanol–water partition coefficient (Wildman–Crippen LogP) is 4.13. The van der Waals surface area contributed by atoms with Gasteiger partial charge in [-0.25, -0.2) is 0 Å². The molecule has 3 unspecified atom stereocenters. The van der Waals surface area contributed by atoms with Crippen molar-refractivity contribution < 1.29 is 4.79 Å². The fourth-order valence-corrected chi connectivity index (χ4v) is 4.80. The molecule has 2 fully saturated rings. The number of rotatable bonds is 5. The van der Waals surface area contributed by atoms with Crippen LogP contribution in [0.2, 0.25) is 10.0 Å². The van der Waals surface area contributed by atoms with Gasteiger partial charge in [0.15, 0.2) is 0 Å². The third-order valence-corrected chi connectivity index (χ3v) is 5.80. The van der Waals surface area contributed by atoms with E-state index >= 15 is 0 Å². The van der Waals surface area contributed by atoms with Gasteiger partial charge in [0.2, 0.25) is 5.91 Å². The Balaban J connectivity index is 1.49. The number of hydrogen-bond acceptors (Lipinski definition) is 2. The third kappa shape index (κ3) is 4.20. The molecule has 0 saturated carbocycles. The summed E-state index contributed by atoms with van der Waals surface area (Å²) in [4.78, 5) is 12.3. The molecule has 2 saturated heterocycles. The summed E-state index contributed by atoms with van der Waals surface area (Å²) >= 11 is 12.5. The Morgan fingerprint density at radius 3 is 2.48 bits per heavy atom. The predicted molar refractivity (Wildman–Crippen MR) is 95.2 cm³/mol. The SMILES string of the molecule is CC(CNC(=O)CC1CC2CCC(C1)N2)c1c(Cl)cccc1Cl. The Kier molecular flexibility index (Phi) is 5.50. The summed E-state index contributed by atoms with van der Waals surface area (Å²) in [6.07, 6.45) is 5.44.